The summed E-state index contributed by atoms with van der Waals surface area (Å²) in [5.74, 6) is -1.24. The van der Waals surface area contributed by atoms with Crippen LogP contribution in [0.25, 0.3) is 0 Å². The fraction of sp³-hybridized carbons (Fsp3) is 0.273. The molecular formula is C11H10N2O5. The Morgan fingerprint density at radius 1 is 1.61 bits per heavy atom. The standard InChI is InChI=1S/C11H10N2O5/c1-7-4-9(13(17)18)3-2-8(7)5-10(11(15)16)12-6-14/h2-4,10H,5H2,1H3,(H,15,16). The molecule has 1 aromatic carbocycles. The predicted octanol–water partition coefficient (Wildman–Crippen LogP) is 1.23. The molecular weight excluding hydrogens is 240 g/mol. The fourth-order valence-corrected chi connectivity index (χ4v) is 1.48. The molecule has 1 unspecified atom stereocenters. The van der Waals surface area contributed by atoms with Crippen LogP contribution in [0, 0.1) is 17.0 Å². The first kappa shape index (κ1) is 13.5. The third kappa shape index (κ3) is 3.23. The summed E-state index contributed by atoms with van der Waals surface area (Å²) in [6.07, 6.45) is 1.20. The molecule has 0 aliphatic carbocycles. The number of carboxylic acids is 1. The van der Waals surface area contributed by atoms with Crippen molar-refractivity contribution in [3.63, 3.8) is 0 Å². The zero-order chi connectivity index (χ0) is 13.7. The zero-order valence-corrected chi connectivity index (χ0v) is 9.49. The summed E-state index contributed by atoms with van der Waals surface area (Å²) < 4.78 is 0. The number of carbonyl (C=O) groups is 1. The molecule has 0 aromatic heterocycles. The number of carboxylic acid groups (broad SMARTS) is 1. The summed E-state index contributed by atoms with van der Waals surface area (Å²) in [6, 6.07) is 2.87. The number of aliphatic imine (C=N–C) groups is 1. The van der Waals surface area contributed by atoms with Gasteiger partial charge in [-0.15, -0.1) is 0 Å². The van der Waals surface area contributed by atoms with Gasteiger partial charge in [-0.3, -0.25) is 10.1 Å². The third-order valence-corrected chi connectivity index (χ3v) is 2.44. The summed E-state index contributed by atoms with van der Waals surface area (Å²) in [6.45, 7) is 1.63. The molecule has 1 rings (SSSR count). The average Bonchev–Trinajstić information content (AvgIpc) is 2.30. The smallest absolute Gasteiger partial charge is 0.329 e. The van der Waals surface area contributed by atoms with Crippen molar-refractivity contribution in [1.29, 1.82) is 0 Å². The Hall–Kier alpha value is -2.53. The highest BCUT2D eigenvalue weighted by atomic mass is 16.6. The molecule has 0 saturated heterocycles. The first-order valence-electron chi connectivity index (χ1n) is 4.99. The Balaban J connectivity index is 3.00. The first-order chi connectivity index (χ1) is 8.45. The van der Waals surface area contributed by atoms with Crippen molar-refractivity contribution in [2.45, 2.75) is 19.4 Å². The number of non-ortho nitro benzene ring substituents is 1. The van der Waals surface area contributed by atoms with Crippen LogP contribution in [0.5, 0.6) is 0 Å². The maximum absolute atomic E-state index is 10.8. The lowest BCUT2D eigenvalue weighted by atomic mass is 10.0. The molecule has 0 fully saturated rings. The SMILES string of the molecule is Cc1cc([N+](=O)[O-])ccc1CC(N=C=O)C(=O)O. The molecule has 0 spiro atoms. The highest BCUT2D eigenvalue weighted by Gasteiger charge is 2.18. The van der Waals surface area contributed by atoms with Gasteiger partial charge in [0, 0.05) is 18.6 Å². The van der Waals surface area contributed by atoms with Gasteiger partial charge in [0.05, 0.1) is 4.92 Å². The predicted molar refractivity (Wildman–Crippen MR) is 61.1 cm³/mol. The zero-order valence-electron chi connectivity index (χ0n) is 9.49. The molecule has 0 aliphatic rings. The maximum Gasteiger partial charge on any atom is 0.329 e. The monoisotopic (exact) mass is 250 g/mol. The Labute approximate surface area is 102 Å². The Morgan fingerprint density at radius 3 is 2.72 bits per heavy atom. The van der Waals surface area contributed by atoms with Crippen LogP contribution in [0.1, 0.15) is 11.1 Å². The largest absolute Gasteiger partial charge is 0.480 e. The van der Waals surface area contributed by atoms with Gasteiger partial charge in [0.2, 0.25) is 6.08 Å². The van der Waals surface area contributed by atoms with E-state index in [-0.39, 0.29) is 12.1 Å². The van der Waals surface area contributed by atoms with Crippen molar-refractivity contribution in [2.75, 3.05) is 0 Å². The molecule has 1 N–H and O–H groups in total. The summed E-state index contributed by atoms with van der Waals surface area (Å²) >= 11 is 0. The van der Waals surface area contributed by atoms with Gasteiger partial charge in [-0.05, 0) is 18.1 Å². The van der Waals surface area contributed by atoms with Gasteiger partial charge in [-0.25, -0.2) is 9.59 Å². The van der Waals surface area contributed by atoms with E-state index < -0.39 is 16.9 Å². The van der Waals surface area contributed by atoms with Crippen molar-refractivity contribution in [1.82, 2.24) is 0 Å². The van der Waals surface area contributed by atoms with Crippen LogP contribution in [-0.4, -0.2) is 28.1 Å². The molecule has 0 radical (unpaired) electrons. The van der Waals surface area contributed by atoms with Crippen LogP contribution < -0.4 is 0 Å². The minimum atomic E-state index is -1.24. The van der Waals surface area contributed by atoms with Gasteiger partial charge in [-0.1, -0.05) is 6.07 Å². The number of benzene rings is 1. The number of nitro groups is 1. The lowest BCUT2D eigenvalue weighted by Gasteiger charge is -2.08. The number of hydrogen-bond acceptors (Lipinski definition) is 5. The molecule has 94 valence electrons. The van der Waals surface area contributed by atoms with E-state index in [1.165, 1.54) is 24.3 Å². The molecule has 7 nitrogen and oxygen atoms in total. The number of nitrogens with zero attached hydrogens (tertiary/aromatic N) is 2. The molecule has 7 heteroatoms. The summed E-state index contributed by atoms with van der Waals surface area (Å²) in [7, 11) is 0. The molecule has 0 heterocycles. The number of isocyanates is 1. The Bertz CT molecular complexity index is 532. The van der Waals surface area contributed by atoms with Gasteiger partial charge in [0.1, 0.15) is 0 Å². The molecule has 1 aromatic rings. The quantitative estimate of drug-likeness (QED) is 0.366. The molecule has 0 aliphatic heterocycles. The third-order valence-electron chi connectivity index (χ3n) is 2.44. The number of aliphatic carboxylic acids is 1. The van der Waals surface area contributed by atoms with Gasteiger partial charge in [-0.2, -0.15) is 4.99 Å². The molecule has 0 amide bonds. The van der Waals surface area contributed by atoms with Gasteiger partial charge in [0.15, 0.2) is 6.04 Å². The van der Waals surface area contributed by atoms with E-state index in [2.05, 4.69) is 4.99 Å². The highest BCUT2D eigenvalue weighted by molar-refractivity contribution is 5.75. The van der Waals surface area contributed by atoms with Crippen LogP contribution >= 0.6 is 0 Å². The van der Waals surface area contributed by atoms with E-state index in [4.69, 9.17) is 5.11 Å². The number of rotatable bonds is 5. The average molecular weight is 250 g/mol. The molecule has 0 bridgehead atoms. The van der Waals surface area contributed by atoms with Crippen molar-refractivity contribution in [3.05, 3.63) is 39.4 Å². The van der Waals surface area contributed by atoms with Gasteiger partial charge >= 0.3 is 5.97 Å². The second-order valence-electron chi connectivity index (χ2n) is 3.65. The minimum Gasteiger partial charge on any atom is -0.480 e. The van der Waals surface area contributed by atoms with E-state index in [0.717, 1.165) is 0 Å². The van der Waals surface area contributed by atoms with E-state index in [1.54, 1.807) is 6.92 Å². The Kier molecular flexibility index (Phi) is 4.28. The van der Waals surface area contributed by atoms with Gasteiger partial charge in [0.25, 0.3) is 5.69 Å². The van der Waals surface area contributed by atoms with E-state index in [0.29, 0.717) is 11.1 Å². The number of hydrogen-bond donors (Lipinski definition) is 1. The number of aryl methyl sites for hydroxylation is 1. The summed E-state index contributed by atoms with van der Waals surface area (Å²) in [5, 5.41) is 19.4. The first-order valence-corrected chi connectivity index (χ1v) is 4.99. The topological polar surface area (TPSA) is 110 Å². The molecule has 18 heavy (non-hydrogen) atoms. The maximum atomic E-state index is 10.8. The van der Waals surface area contributed by atoms with Crippen LogP contribution in [-0.2, 0) is 16.0 Å². The van der Waals surface area contributed by atoms with E-state index >= 15 is 0 Å². The summed E-state index contributed by atoms with van der Waals surface area (Å²) in [4.78, 5) is 34.1. The van der Waals surface area contributed by atoms with E-state index in [1.807, 2.05) is 0 Å². The number of nitro benzene ring substituents is 1. The Morgan fingerprint density at radius 2 is 2.28 bits per heavy atom. The highest BCUT2D eigenvalue weighted by Crippen LogP contribution is 2.19. The fourth-order valence-electron chi connectivity index (χ4n) is 1.48. The van der Waals surface area contributed by atoms with Crippen LogP contribution in [0.3, 0.4) is 0 Å². The second-order valence-corrected chi connectivity index (χ2v) is 3.65. The number of carbonyl (C=O) groups excluding carboxylic acids is 1. The van der Waals surface area contributed by atoms with Crippen molar-refractivity contribution in [3.8, 4) is 0 Å². The lowest BCUT2D eigenvalue weighted by molar-refractivity contribution is -0.384. The molecule has 1 atom stereocenters. The molecule has 0 saturated carbocycles. The van der Waals surface area contributed by atoms with Crippen LogP contribution in [0.15, 0.2) is 23.2 Å². The summed E-state index contributed by atoms with van der Waals surface area (Å²) in [5.41, 5.74) is 1.10. The van der Waals surface area contributed by atoms with Crippen molar-refractivity contribution in [2.24, 2.45) is 4.99 Å². The second kappa shape index (κ2) is 5.70. The van der Waals surface area contributed by atoms with E-state index in [9.17, 15) is 19.7 Å². The van der Waals surface area contributed by atoms with Gasteiger partial charge < -0.3 is 5.11 Å². The lowest BCUT2D eigenvalue weighted by Crippen LogP contribution is -2.20. The van der Waals surface area contributed by atoms with Crippen LogP contribution in [0.2, 0.25) is 0 Å². The normalized spacial score (nSPS) is 11.4. The van der Waals surface area contributed by atoms with Crippen LogP contribution in [0.4, 0.5) is 5.69 Å². The van der Waals surface area contributed by atoms with Crippen molar-refractivity contribution >= 4 is 17.7 Å². The van der Waals surface area contributed by atoms with Crippen molar-refractivity contribution < 1.29 is 19.6 Å². The minimum absolute atomic E-state index is 0.00555.